The number of hydrogen-bond donors (Lipinski definition) is 1. The summed E-state index contributed by atoms with van der Waals surface area (Å²) < 4.78 is 28.1. The number of nitrogens with one attached hydrogen (secondary N) is 1. The van der Waals surface area contributed by atoms with Gasteiger partial charge >= 0.3 is 0 Å². The summed E-state index contributed by atoms with van der Waals surface area (Å²) >= 11 is 0. The lowest BCUT2D eigenvalue weighted by Gasteiger charge is -2.32. The maximum atomic E-state index is 13.3. The van der Waals surface area contributed by atoms with E-state index in [4.69, 9.17) is 5.41 Å². The monoisotopic (exact) mass is 405 g/mol. The predicted octanol–water partition coefficient (Wildman–Crippen LogP) is 4.31. The molecule has 0 bridgehead atoms. The minimum atomic E-state index is -3.66. The van der Waals surface area contributed by atoms with Crippen molar-refractivity contribution in [3.63, 3.8) is 0 Å². The van der Waals surface area contributed by atoms with Crippen molar-refractivity contribution in [3.05, 3.63) is 83.9 Å². The van der Waals surface area contributed by atoms with Crippen LogP contribution >= 0.6 is 0 Å². The van der Waals surface area contributed by atoms with E-state index < -0.39 is 10.0 Å². The zero-order chi connectivity index (χ0) is 20.3. The fourth-order valence-corrected chi connectivity index (χ4v) is 5.23. The summed E-state index contributed by atoms with van der Waals surface area (Å²) in [6.45, 7) is 0.998. The average Bonchev–Trinajstić information content (AvgIpc) is 2.80. The number of nitrogens with zero attached hydrogens (tertiary/aromatic N) is 2. The molecule has 5 nitrogen and oxygen atoms in total. The van der Waals surface area contributed by atoms with Crippen LogP contribution in [0, 0.1) is 5.41 Å². The Kier molecular flexibility index (Phi) is 5.56. The standard InChI is InChI=1S/C23H23N3O2S/c24-16-18-11-13-20(14-12-18)22-9-4-10-23(25-22)29(27,28)26-15-5-8-21(17-26)19-6-2-1-3-7-19/h1-4,6-7,9-14,16,21,24H,5,8,15,17H2. The largest absolute Gasteiger partial charge is 0.308 e. The number of benzene rings is 2. The molecular weight excluding hydrogens is 382 g/mol. The highest BCUT2D eigenvalue weighted by atomic mass is 32.2. The van der Waals surface area contributed by atoms with E-state index in [0.29, 0.717) is 18.8 Å². The number of rotatable bonds is 5. The lowest BCUT2D eigenvalue weighted by atomic mass is 9.92. The fourth-order valence-electron chi connectivity index (χ4n) is 3.76. The van der Waals surface area contributed by atoms with Crippen molar-refractivity contribution in [2.75, 3.05) is 13.1 Å². The third kappa shape index (κ3) is 4.13. The molecule has 1 aliphatic rings. The Morgan fingerprint density at radius 2 is 1.72 bits per heavy atom. The van der Waals surface area contributed by atoms with Crippen molar-refractivity contribution in [1.82, 2.24) is 9.29 Å². The van der Waals surface area contributed by atoms with Gasteiger partial charge in [-0.1, -0.05) is 60.7 Å². The molecule has 4 rings (SSSR count). The first kappa shape index (κ1) is 19.5. The Labute approximate surface area is 171 Å². The van der Waals surface area contributed by atoms with Crippen LogP contribution in [-0.4, -0.2) is 37.0 Å². The van der Waals surface area contributed by atoms with Gasteiger partial charge in [-0.25, -0.2) is 13.4 Å². The molecule has 0 aliphatic carbocycles. The van der Waals surface area contributed by atoms with Gasteiger partial charge in [-0.2, -0.15) is 4.31 Å². The first-order valence-electron chi connectivity index (χ1n) is 9.71. The van der Waals surface area contributed by atoms with Crippen LogP contribution in [0.1, 0.15) is 29.9 Å². The molecule has 3 aromatic rings. The molecule has 148 valence electrons. The quantitative estimate of drug-likeness (QED) is 0.643. The van der Waals surface area contributed by atoms with E-state index in [1.807, 2.05) is 42.5 Å². The van der Waals surface area contributed by atoms with Gasteiger partial charge in [0.2, 0.25) is 0 Å². The van der Waals surface area contributed by atoms with Gasteiger partial charge in [0.15, 0.2) is 5.03 Å². The first-order valence-corrected chi connectivity index (χ1v) is 11.1. The van der Waals surface area contributed by atoms with Crippen LogP contribution in [0.3, 0.4) is 0 Å². The van der Waals surface area contributed by atoms with Gasteiger partial charge in [0.25, 0.3) is 10.0 Å². The van der Waals surface area contributed by atoms with E-state index in [0.717, 1.165) is 24.0 Å². The van der Waals surface area contributed by atoms with Crippen LogP contribution < -0.4 is 0 Å². The van der Waals surface area contributed by atoms with Crippen LogP contribution in [0.4, 0.5) is 0 Å². The number of hydrogen-bond acceptors (Lipinski definition) is 4. The summed E-state index contributed by atoms with van der Waals surface area (Å²) in [4.78, 5) is 4.46. The molecule has 1 aromatic heterocycles. The SMILES string of the molecule is N=Cc1ccc(-c2cccc(S(=O)(=O)N3CCCC(c4ccccc4)C3)n2)cc1. The van der Waals surface area contributed by atoms with Gasteiger partial charge in [0, 0.05) is 24.9 Å². The van der Waals surface area contributed by atoms with E-state index in [-0.39, 0.29) is 10.9 Å². The highest BCUT2D eigenvalue weighted by Crippen LogP contribution is 2.30. The Morgan fingerprint density at radius 3 is 2.45 bits per heavy atom. The van der Waals surface area contributed by atoms with Crippen molar-refractivity contribution < 1.29 is 8.42 Å². The van der Waals surface area contributed by atoms with Gasteiger partial charge < -0.3 is 5.41 Å². The summed E-state index contributed by atoms with van der Waals surface area (Å²) in [5.74, 6) is 0.205. The Hall–Kier alpha value is -2.83. The van der Waals surface area contributed by atoms with E-state index in [1.165, 1.54) is 11.8 Å². The van der Waals surface area contributed by atoms with Crippen LogP contribution in [0.25, 0.3) is 11.3 Å². The fraction of sp³-hybridized carbons (Fsp3) is 0.217. The van der Waals surface area contributed by atoms with E-state index in [1.54, 1.807) is 22.5 Å². The molecule has 2 aromatic carbocycles. The van der Waals surface area contributed by atoms with Crippen LogP contribution in [0.5, 0.6) is 0 Å². The molecule has 29 heavy (non-hydrogen) atoms. The lowest BCUT2D eigenvalue weighted by molar-refractivity contribution is 0.315. The molecule has 1 fully saturated rings. The normalized spacial score (nSPS) is 17.7. The highest BCUT2D eigenvalue weighted by molar-refractivity contribution is 7.89. The van der Waals surface area contributed by atoms with E-state index in [2.05, 4.69) is 17.1 Å². The second-order valence-corrected chi connectivity index (χ2v) is 9.13. The highest BCUT2D eigenvalue weighted by Gasteiger charge is 2.31. The van der Waals surface area contributed by atoms with Crippen molar-refractivity contribution in [3.8, 4) is 11.3 Å². The van der Waals surface area contributed by atoms with E-state index in [9.17, 15) is 8.42 Å². The molecule has 0 saturated carbocycles. The summed E-state index contributed by atoms with van der Waals surface area (Å²) in [7, 11) is -3.66. The molecule has 0 amide bonds. The van der Waals surface area contributed by atoms with Crippen molar-refractivity contribution in [2.24, 2.45) is 0 Å². The third-order valence-electron chi connectivity index (χ3n) is 5.36. The molecule has 0 radical (unpaired) electrons. The first-order chi connectivity index (χ1) is 14.1. The molecule has 0 spiro atoms. The topological polar surface area (TPSA) is 74.1 Å². The van der Waals surface area contributed by atoms with Gasteiger partial charge in [-0.15, -0.1) is 0 Å². The summed E-state index contributed by atoms with van der Waals surface area (Å²) in [5.41, 5.74) is 3.41. The Bertz CT molecular complexity index is 1100. The average molecular weight is 406 g/mol. The number of pyridine rings is 1. The van der Waals surface area contributed by atoms with Gasteiger partial charge in [0.1, 0.15) is 0 Å². The number of aromatic nitrogens is 1. The van der Waals surface area contributed by atoms with Crippen molar-refractivity contribution in [1.29, 1.82) is 5.41 Å². The van der Waals surface area contributed by atoms with Crippen molar-refractivity contribution in [2.45, 2.75) is 23.8 Å². The van der Waals surface area contributed by atoms with Crippen LogP contribution in [-0.2, 0) is 10.0 Å². The number of sulfonamides is 1. The molecule has 1 unspecified atom stereocenters. The smallest absolute Gasteiger partial charge is 0.260 e. The molecule has 2 heterocycles. The summed E-state index contributed by atoms with van der Waals surface area (Å²) in [5, 5.41) is 7.38. The maximum Gasteiger partial charge on any atom is 0.260 e. The van der Waals surface area contributed by atoms with E-state index >= 15 is 0 Å². The molecule has 6 heteroatoms. The molecule has 1 aliphatic heterocycles. The molecule has 1 atom stereocenters. The second kappa shape index (κ2) is 8.27. The predicted molar refractivity (Wildman–Crippen MR) is 115 cm³/mol. The minimum Gasteiger partial charge on any atom is -0.308 e. The van der Waals surface area contributed by atoms with Crippen molar-refractivity contribution >= 4 is 16.2 Å². The van der Waals surface area contributed by atoms with Gasteiger partial charge in [-0.05, 0) is 42.0 Å². The third-order valence-corrected chi connectivity index (χ3v) is 7.12. The van der Waals surface area contributed by atoms with Gasteiger partial charge in [-0.3, -0.25) is 0 Å². The number of piperidine rings is 1. The van der Waals surface area contributed by atoms with Crippen LogP contribution in [0.15, 0.2) is 77.8 Å². The molecule has 1 N–H and O–H groups in total. The second-order valence-electron chi connectivity index (χ2n) is 7.24. The van der Waals surface area contributed by atoms with Crippen LogP contribution in [0.2, 0.25) is 0 Å². The van der Waals surface area contributed by atoms with Gasteiger partial charge in [0.05, 0.1) is 5.69 Å². The maximum absolute atomic E-state index is 13.3. The zero-order valence-corrected chi connectivity index (χ0v) is 16.8. The minimum absolute atomic E-state index is 0.0832. The Balaban J connectivity index is 1.60. The lowest BCUT2D eigenvalue weighted by Crippen LogP contribution is -2.39. The summed E-state index contributed by atoms with van der Waals surface area (Å²) in [6.07, 6.45) is 3.10. The zero-order valence-electron chi connectivity index (χ0n) is 16.0. The summed E-state index contributed by atoms with van der Waals surface area (Å²) in [6, 6.07) is 22.6. The molecule has 1 saturated heterocycles. The molecular formula is C23H23N3O2S. The Morgan fingerprint density at radius 1 is 0.966 bits per heavy atom.